The van der Waals surface area contributed by atoms with Gasteiger partial charge in [0.2, 0.25) is 0 Å². The molecule has 4 heterocycles. The van der Waals surface area contributed by atoms with Crippen LogP contribution in [0.25, 0.3) is 0 Å². The van der Waals surface area contributed by atoms with Gasteiger partial charge >= 0.3 is 5.97 Å². The first-order valence-corrected chi connectivity index (χ1v) is 14.7. The van der Waals surface area contributed by atoms with E-state index in [9.17, 15) is 19.8 Å². The van der Waals surface area contributed by atoms with E-state index < -0.39 is 35.3 Å². The summed E-state index contributed by atoms with van der Waals surface area (Å²) in [6, 6.07) is 0. The molecule has 11 atom stereocenters. The van der Waals surface area contributed by atoms with Crippen LogP contribution in [0.5, 0.6) is 0 Å². The Morgan fingerprint density at radius 2 is 1.97 bits per heavy atom. The summed E-state index contributed by atoms with van der Waals surface area (Å²) in [6.45, 7) is 6.70. The second-order valence-corrected chi connectivity index (χ2v) is 12.9. The number of fused-ring (bicyclic) bond motifs is 2. The Hall–Kier alpha value is -1.14. The fourth-order valence-corrected chi connectivity index (χ4v) is 7.55. The number of rotatable bonds is 8. The monoisotopic (exact) mass is 539 g/mol. The number of carbonyl (C=O) groups excluding carboxylic acids is 2. The van der Waals surface area contributed by atoms with Gasteiger partial charge < -0.3 is 34.5 Å². The van der Waals surface area contributed by atoms with Gasteiger partial charge in [-0.05, 0) is 65.2 Å². The first kappa shape index (κ1) is 28.4. The lowest BCUT2D eigenvalue weighted by atomic mass is 9.67. The molecular weight excluding hydrogens is 492 g/mol. The zero-order valence-corrected chi connectivity index (χ0v) is 23.1. The van der Waals surface area contributed by atoms with Gasteiger partial charge in [0.05, 0.1) is 48.6 Å². The van der Waals surface area contributed by atoms with Crippen molar-refractivity contribution in [3.63, 3.8) is 0 Å². The molecule has 10 nitrogen and oxygen atoms in total. The Morgan fingerprint density at radius 3 is 2.71 bits per heavy atom. The summed E-state index contributed by atoms with van der Waals surface area (Å²) >= 11 is 0. The number of ether oxygens (including phenoxy) is 4. The van der Waals surface area contributed by atoms with Crippen molar-refractivity contribution in [3.8, 4) is 0 Å². The first-order valence-electron chi connectivity index (χ1n) is 14.7. The lowest BCUT2D eigenvalue weighted by Gasteiger charge is -2.53. The molecule has 1 saturated carbocycles. The number of quaternary nitrogens is 1. The molecule has 0 aromatic heterocycles. The van der Waals surface area contributed by atoms with Gasteiger partial charge in [-0.2, -0.15) is 0 Å². The summed E-state index contributed by atoms with van der Waals surface area (Å²) in [6.07, 6.45) is 3.53. The van der Waals surface area contributed by atoms with Crippen LogP contribution in [0.1, 0.15) is 78.6 Å². The highest BCUT2D eigenvalue weighted by Gasteiger charge is 2.64. The van der Waals surface area contributed by atoms with Crippen molar-refractivity contribution in [2.24, 2.45) is 23.5 Å². The molecule has 6 N–H and O–H groups in total. The topological polar surface area (TPSA) is 157 Å². The van der Waals surface area contributed by atoms with Gasteiger partial charge in [-0.3, -0.25) is 10.5 Å². The number of epoxide rings is 1. The van der Waals surface area contributed by atoms with Crippen molar-refractivity contribution in [2.45, 2.75) is 133 Å². The van der Waals surface area contributed by atoms with Crippen LogP contribution in [0, 0.1) is 17.8 Å². The minimum Gasteiger partial charge on any atom is -0.457 e. The van der Waals surface area contributed by atoms with Gasteiger partial charge in [-0.25, -0.2) is 4.79 Å². The summed E-state index contributed by atoms with van der Waals surface area (Å²) in [5.74, 6) is -0.740. The number of aliphatic hydroxyl groups is 2. The fourth-order valence-electron chi connectivity index (χ4n) is 7.55. The molecule has 0 bridgehead atoms. The SMILES string of the molecule is CC1CC(=O)C2C(CC3OC(C)(C)[C@H](OC(=O)[C@]4(CCCO)O[C@@H]4CCC4CC[NH2+]C(N)C4)CC3C2O)O1. The van der Waals surface area contributed by atoms with E-state index in [-0.39, 0.29) is 48.9 Å². The number of hydrogen-bond acceptors (Lipinski definition) is 9. The van der Waals surface area contributed by atoms with Crippen LogP contribution in [-0.2, 0) is 28.5 Å². The van der Waals surface area contributed by atoms with Crippen molar-refractivity contribution in [1.29, 1.82) is 0 Å². The summed E-state index contributed by atoms with van der Waals surface area (Å²) in [4.78, 5) is 26.4. The molecule has 10 heteroatoms. The third kappa shape index (κ3) is 5.55. The normalized spacial score (nSPS) is 46.1. The summed E-state index contributed by atoms with van der Waals surface area (Å²) in [7, 11) is 0. The van der Waals surface area contributed by atoms with E-state index in [0.29, 0.717) is 38.0 Å². The molecule has 0 spiro atoms. The molecule has 8 unspecified atom stereocenters. The van der Waals surface area contributed by atoms with E-state index in [2.05, 4.69) is 5.32 Å². The number of aliphatic hydroxyl groups excluding tert-OH is 2. The van der Waals surface area contributed by atoms with Crippen LogP contribution in [-0.4, -0.2) is 89.1 Å². The van der Waals surface area contributed by atoms with Gasteiger partial charge in [0.25, 0.3) is 0 Å². The lowest BCUT2D eigenvalue weighted by Crippen LogP contribution is -2.94. The highest BCUT2D eigenvalue weighted by molar-refractivity contribution is 5.84. The Morgan fingerprint density at radius 1 is 1.18 bits per heavy atom. The summed E-state index contributed by atoms with van der Waals surface area (Å²) in [5.41, 5.74) is 4.29. The molecule has 4 saturated heterocycles. The zero-order valence-electron chi connectivity index (χ0n) is 23.1. The molecular formula is C28H47N2O8+. The second kappa shape index (κ2) is 11.0. The highest BCUT2D eigenvalue weighted by Crippen LogP contribution is 2.49. The maximum Gasteiger partial charge on any atom is 0.341 e. The molecule has 5 rings (SSSR count). The van der Waals surface area contributed by atoms with Crippen molar-refractivity contribution < 1.29 is 44.1 Å². The minimum atomic E-state index is -1.04. The Labute approximate surface area is 225 Å². The maximum atomic E-state index is 13.6. The molecule has 5 fully saturated rings. The first-order chi connectivity index (χ1) is 18.0. The molecule has 0 aromatic rings. The van der Waals surface area contributed by atoms with E-state index in [0.717, 1.165) is 32.2 Å². The second-order valence-electron chi connectivity index (χ2n) is 12.9. The zero-order chi connectivity index (χ0) is 27.2. The molecule has 0 radical (unpaired) electrons. The predicted octanol–water partition coefficient (Wildman–Crippen LogP) is 0.158. The van der Waals surface area contributed by atoms with E-state index in [1.54, 1.807) is 0 Å². The Balaban J connectivity index is 1.24. The fraction of sp³-hybridized carbons (Fsp3) is 0.929. The smallest absolute Gasteiger partial charge is 0.341 e. The average Bonchev–Trinajstić information content (AvgIpc) is 3.56. The van der Waals surface area contributed by atoms with Gasteiger partial charge in [0.15, 0.2) is 5.60 Å². The maximum absolute atomic E-state index is 13.6. The minimum absolute atomic E-state index is 0.0241. The molecule has 216 valence electrons. The molecule has 5 aliphatic rings. The predicted molar refractivity (Wildman–Crippen MR) is 136 cm³/mol. The van der Waals surface area contributed by atoms with Crippen LogP contribution in [0.4, 0.5) is 0 Å². The standard InChI is InChI=1S/C28H46N2O8/c1-15-11-18(32)24-20(35-15)14-19-17(25(24)33)13-22(27(2,3)37-19)36-26(34)28(8-4-10-31)21(38-28)6-5-16-7-9-30-23(29)12-16/h15-17,19-25,30-31,33H,4-14,29H2,1-3H3/p+1/t15?,16?,17?,19?,20?,21-,22-,23?,24?,25?,28-/m1/s1. The number of ketones is 1. The highest BCUT2D eigenvalue weighted by atomic mass is 16.7. The van der Waals surface area contributed by atoms with Crippen LogP contribution < -0.4 is 11.1 Å². The number of nitrogens with two attached hydrogens (primary N) is 2. The Kier molecular flexibility index (Phi) is 8.24. The van der Waals surface area contributed by atoms with Crippen molar-refractivity contribution >= 4 is 11.8 Å². The van der Waals surface area contributed by atoms with Gasteiger partial charge in [-0.15, -0.1) is 0 Å². The number of Topliss-reactive ketones (excluding diaryl/α,β-unsaturated/α-hetero) is 1. The average molecular weight is 540 g/mol. The van der Waals surface area contributed by atoms with Gasteiger partial charge in [0, 0.05) is 31.8 Å². The van der Waals surface area contributed by atoms with E-state index in [1.165, 1.54) is 0 Å². The third-order valence-corrected chi connectivity index (χ3v) is 9.74. The molecule has 4 aliphatic heterocycles. The number of esters is 1. The third-order valence-electron chi connectivity index (χ3n) is 9.74. The molecule has 38 heavy (non-hydrogen) atoms. The number of carbonyl (C=O) groups is 2. The van der Waals surface area contributed by atoms with Crippen LogP contribution in [0.15, 0.2) is 0 Å². The Bertz CT molecular complexity index is 885. The molecule has 1 aliphatic carbocycles. The van der Waals surface area contributed by atoms with Crippen LogP contribution in [0.3, 0.4) is 0 Å². The molecule has 0 amide bonds. The summed E-state index contributed by atoms with van der Waals surface area (Å²) in [5, 5.41) is 22.9. The quantitative estimate of drug-likeness (QED) is 0.249. The van der Waals surface area contributed by atoms with E-state index >= 15 is 0 Å². The molecule has 0 aromatic carbocycles. The number of piperidine rings is 1. The lowest BCUT2D eigenvalue weighted by molar-refractivity contribution is -0.699. The summed E-state index contributed by atoms with van der Waals surface area (Å²) < 4.78 is 24.6. The number of hydrogen-bond donors (Lipinski definition) is 4. The van der Waals surface area contributed by atoms with Gasteiger partial charge in [0.1, 0.15) is 18.1 Å². The largest absolute Gasteiger partial charge is 0.457 e. The van der Waals surface area contributed by atoms with Gasteiger partial charge in [-0.1, -0.05) is 0 Å². The van der Waals surface area contributed by atoms with E-state index in [1.807, 2.05) is 20.8 Å². The van der Waals surface area contributed by atoms with E-state index in [4.69, 9.17) is 24.7 Å². The van der Waals surface area contributed by atoms with Crippen molar-refractivity contribution in [2.75, 3.05) is 13.2 Å². The van der Waals surface area contributed by atoms with Crippen LogP contribution in [0.2, 0.25) is 0 Å². The van der Waals surface area contributed by atoms with Crippen molar-refractivity contribution in [3.05, 3.63) is 0 Å². The van der Waals surface area contributed by atoms with Crippen molar-refractivity contribution in [1.82, 2.24) is 0 Å². The van der Waals surface area contributed by atoms with Crippen LogP contribution >= 0.6 is 0 Å².